The van der Waals surface area contributed by atoms with E-state index in [1.54, 1.807) is 30.5 Å². The summed E-state index contributed by atoms with van der Waals surface area (Å²) in [4.78, 5) is 15.5. The third-order valence-corrected chi connectivity index (χ3v) is 4.53. The predicted molar refractivity (Wildman–Crippen MR) is 85.9 cm³/mol. The van der Waals surface area contributed by atoms with Crippen molar-refractivity contribution in [3.05, 3.63) is 53.7 Å². The van der Waals surface area contributed by atoms with Gasteiger partial charge in [0.25, 0.3) is 0 Å². The molecule has 0 saturated carbocycles. The van der Waals surface area contributed by atoms with Gasteiger partial charge >= 0.3 is 0 Å². The van der Waals surface area contributed by atoms with E-state index in [1.807, 2.05) is 6.92 Å². The summed E-state index contributed by atoms with van der Waals surface area (Å²) >= 11 is 0. The Hall–Kier alpha value is -2.25. The van der Waals surface area contributed by atoms with Gasteiger partial charge in [-0.05, 0) is 32.0 Å². The summed E-state index contributed by atoms with van der Waals surface area (Å²) in [7, 11) is -3.73. The maximum atomic E-state index is 12.4. The normalized spacial score (nSPS) is 11.2. The quantitative estimate of drug-likeness (QED) is 0.784. The molecule has 6 nitrogen and oxygen atoms in total. The van der Waals surface area contributed by atoms with E-state index < -0.39 is 10.0 Å². The highest BCUT2D eigenvalue weighted by molar-refractivity contribution is 7.89. The van der Waals surface area contributed by atoms with Gasteiger partial charge in [-0.15, -0.1) is 0 Å². The molecule has 0 spiro atoms. The molecular weight excluding hydrogens is 316 g/mol. The minimum Gasteiger partial charge on any atom is -0.478 e. The van der Waals surface area contributed by atoms with E-state index in [0.29, 0.717) is 23.6 Å². The van der Waals surface area contributed by atoms with E-state index in [4.69, 9.17) is 4.74 Å². The van der Waals surface area contributed by atoms with Crippen molar-refractivity contribution in [1.82, 2.24) is 9.71 Å². The fourth-order valence-corrected chi connectivity index (χ4v) is 3.02. The second-order valence-corrected chi connectivity index (χ2v) is 6.58. The van der Waals surface area contributed by atoms with E-state index in [-0.39, 0.29) is 17.2 Å². The molecule has 0 bridgehead atoms. The summed E-state index contributed by atoms with van der Waals surface area (Å²) in [5.41, 5.74) is 0.991. The Morgan fingerprint density at radius 3 is 2.74 bits per heavy atom. The van der Waals surface area contributed by atoms with Crippen LogP contribution in [0.2, 0.25) is 0 Å². The maximum Gasteiger partial charge on any atom is 0.240 e. The number of ether oxygens (including phenoxy) is 1. The first kappa shape index (κ1) is 17.1. The molecule has 7 heteroatoms. The monoisotopic (exact) mass is 334 g/mol. The summed E-state index contributed by atoms with van der Waals surface area (Å²) in [5, 5.41) is 0. The number of sulfonamides is 1. The van der Waals surface area contributed by atoms with Gasteiger partial charge in [0.2, 0.25) is 15.9 Å². The molecule has 0 aliphatic heterocycles. The molecule has 1 aromatic carbocycles. The molecule has 0 aliphatic rings. The highest BCUT2D eigenvalue weighted by Gasteiger charge is 2.16. The van der Waals surface area contributed by atoms with Gasteiger partial charge in [0.1, 0.15) is 0 Å². The van der Waals surface area contributed by atoms with Crippen LogP contribution in [0, 0.1) is 0 Å². The smallest absolute Gasteiger partial charge is 0.240 e. The van der Waals surface area contributed by atoms with Crippen molar-refractivity contribution in [1.29, 1.82) is 0 Å². The van der Waals surface area contributed by atoms with Crippen LogP contribution in [0.1, 0.15) is 29.8 Å². The number of rotatable bonds is 7. The molecule has 122 valence electrons. The predicted octanol–water partition coefficient (Wildman–Crippen LogP) is 2.16. The van der Waals surface area contributed by atoms with Crippen molar-refractivity contribution < 1.29 is 17.9 Å². The van der Waals surface area contributed by atoms with E-state index >= 15 is 0 Å². The van der Waals surface area contributed by atoms with Crippen molar-refractivity contribution in [2.75, 3.05) is 6.61 Å². The number of aromatic nitrogens is 1. The highest BCUT2D eigenvalue weighted by Crippen LogP contribution is 2.16. The first-order valence-corrected chi connectivity index (χ1v) is 8.59. The lowest BCUT2D eigenvalue weighted by Crippen LogP contribution is -2.24. The topological polar surface area (TPSA) is 85.4 Å². The van der Waals surface area contributed by atoms with Gasteiger partial charge < -0.3 is 4.74 Å². The fourth-order valence-electron chi connectivity index (χ4n) is 1.96. The molecule has 0 saturated heterocycles. The number of benzene rings is 1. The van der Waals surface area contributed by atoms with Crippen molar-refractivity contribution in [3.63, 3.8) is 0 Å². The molecule has 0 unspecified atom stereocenters. The first-order valence-electron chi connectivity index (χ1n) is 7.11. The Kier molecular flexibility index (Phi) is 5.46. The summed E-state index contributed by atoms with van der Waals surface area (Å²) in [6.45, 7) is 3.71. The minimum atomic E-state index is -3.73. The minimum absolute atomic E-state index is 0.0482. The van der Waals surface area contributed by atoms with E-state index in [0.717, 1.165) is 0 Å². The number of pyridine rings is 1. The van der Waals surface area contributed by atoms with Gasteiger partial charge in [-0.25, -0.2) is 18.1 Å². The van der Waals surface area contributed by atoms with Crippen LogP contribution in [-0.4, -0.2) is 25.8 Å². The standard InChI is InChI=1S/C16H18N2O4S/c1-3-22-16-14(7-5-9-17-16)11-18-23(20,21)15-8-4-6-13(10-15)12(2)19/h4-10,18H,3,11H2,1-2H3. The van der Waals surface area contributed by atoms with Crippen LogP contribution in [0.25, 0.3) is 0 Å². The molecule has 2 aromatic rings. The lowest BCUT2D eigenvalue weighted by Gasteiger charge is -2.10. The van der Waals surface area contributed by atoms with E-state index in [2.05, 4.69) is 9.71 Å². The third-order valence-electron chi connectivity index (χ3n) is 3.13. The zero-order valence-corrected chi connectivity index (χ0v) is 13.8. The van der Waals surface area contributed by atoms with Crippen molar-refractivity contribution in [2.24, 2.45) is 0 Å². The Labute approximate surface area is 135 Å². The first-order chi connectivity index (χ1) is 10.9. The number of carbonyl (C=O) groups excluding carboxylic acids is 1. The van der Waals surface area contributed by atoms with Gasteiger partial charge in [0.15, 0.2) is 5.78 Å². The average molecular weight is 334 g/mol. The second-order valence-electron chi connectivity index (χ2n) is 4.81. The lowest BCUT2D eigenvalue weighted by molar-refractivity contribution is 0.101. The highest BCUT2D eigenvalue weighted by atomic mass is 32.2. The lowest BCUT2D eigenvalue weighted by atomic mass is 10.2. The SMILES string of the molecule is CCOc1ncccc1CNS(=O)(=O)c1cccc(C(C)=O)c1. The number of hydrogen-bond acceptors (Lipinski definition) is 5. The summed E-state index contributed by atoms with van der Waals surface area (Å²) in [6.07, 6.45) is 1.58. The zero-order valence-electron chi connectivity index (χ0n) is 12.9. The second kappa shape index (κ2) is 7.34. The Bertz CT molecular complexity index is 803. The third kappa shape index (κ3) is 4.37. The van der Waals surface area contributed by atoms with Crippen LogP contribution in [0.3, 0.4) is 0 Å². The van der Waals surface area contributed by atoms with Crippen LogP contribution in [-0.2, 0) is 16.6 Å². The molecule has 1 aromatic heterocycles. The fraction of sp³-hybridized carbons (Fsp3) is 0.250. The summed E-state index contributed by atoms with van der Waals surface area (Å²) < 4.78 is 32.6. The van der Waals surface area contributed by atoms with Crippen LogP contribution >= 0.6 is 0 Å². The van der Waals surface area contributed by atoms with Gasteiger partial charge in [0, 0.05) is 23.9 Å². The molecular formula is C16H18N2O4S. The Morgan fingerprint density at radius 1 is 1.26 bits per heavy atom. The molecule has 0 aliphatic carbocycles. The number of nitrogens with zero attached hydrogens (tertiary/aromatic N) is 1. The number of ketones is 1. The van der Waals surface area contributed by atoms with Crippen molar-refractivity contribution in [3.8, 4) is 5.88 Å². The summed E-state index contributed by atoms with van der Waals surface area (Å²) in [6, 6.07) is 9.38. The molecule has 1 N–H and O–H groups in total. The largest absolute Gasteiger partial charge is 0.478 e. The molecule has 1 heterocycles. The number of Topliss-reactive ketones (excluding diaryl/α,β-unsaturated/α-hetero) is 1. The Morgan fingerprint density at radius 2 is 2.04 bits per heavy atom. The molecule has 0 amide bonds. The van der Waals surface area contributed by atoms with E-state index in [9.17, 15) is 13.2 Å². The number of carbonyl (C=O) groups is 1. The van der Waals surface area contributed by atoms with Crippen molar-refractivity contribution >= 4 is 15.8 Å². The molecule has 2 rings (SSSR count). The average Bonchev–Trinajstić information content (AvgIpc) is 2.54. The maximum absolute atomic E-state index is 12.4. The zero-order chi connectivity index (χ0) is 16.9. The number of hydrogen-bond donors (Lipinski definition) is 1. The van der Waals surface area contributed by atoms with Crippen molar-refractivity contribution in [2.45, 2.75) is 25.3 Å². The molecule has 23 heavy (non-hydrogen) atoms. The number of nitrogens with one attached hydrogen (secondary N) is 1. The Balaban J connectivity index is 2.19. The molecule has 0 radical (unpaired) electrons. The molecule has 0 fully saturated rings. The van der Waals surface area contributed by atoms with Crippen LogP contribution < -0.4 is 9.46 Å². The molecule has 0 atom stereocenters. The van der Waals surface area contributed by atoms with Crippen LogP contribution in [0.4, 0.5) is 0 Å². The van der Waals surface area contributed by atoms with Gasteiger partial charge in [-0.3, -0.25) is 4.79 Å². The van der Waals surface area contributed by atoms with Gasteiger partial charge in [0.05, 0.1) is 11.5 Å². The van der Waals surface area contributed by atoms with Gasteiger partial charge in [-0.2, -0.15) is 0 Å². The van der Waals surface area contributed by atoms with E-state index in [1.165, 1.54) is 19.1 Å². The summed E-state index contributed by atoms with van der Waals surface area (Å²) in [5.74, 6) is 0.211. The van der Waals surface area contributed by atoms with Crippen LogP contribution in [0.5, 0.6) is 5.88 Å². The van der Waals surface area contributed by atoms with Gasteiger partial charge in [-0.1, -0.05) is 18.2 Å². The van der Waals surface area contributed by atoms with Crippen LogP contribution in [0.15, 0.2) is 47.5 Å².